The van der Waals surface area contributed by atoms with Crippen molar-refractivity contribution in [1.82, 2.24) is 9.55 Å². The minimum Gasteiger partial charge on any atom is -0.511 e. The standard InChI is InChI=1S/C24H28N2O2S/c1-3-4-5-6-7-10-17-13-22(28)26-21(16(2)27)15-29-24(26)23(17)19-14-25-20-12-9-8-11-18(19)20/h8-9,11-14,21,25,27H,2-7,10,15H2,1H3/t21-/m0/s1. The molecule has 0 saturated heterocycles. The molecule has 3 heterocycles. The second kappa shape index (κ2) is 8.54. The molecule has 2 N–H and O–H groups in total. The van der Waals surface area contributed by atoms with Crippen LogP contribution in [-0.4, -0.2) is 20.4 Å². The van der Waals surface area contributed by atoms with Crippen LogP contribution in [0, 0.1) is 0 Å². The number of para-hydroxylation sites is 1. The smallest absolute Gasteiger partial charge is 0.252 e. The van der Waals surface area contributed by atoms with Gasteiger partial charge in [-0.1, -0.05) is 57.4 Å². The maximum Gasteiger partial charge on any atom is 0.252 e. The molecular formula is C24H28N2O2S. The predicted octanol–water partition coefficient (Wildman–Crippen LogP) is 6.23. The third kappa shape index (κ3) is 3.76. The number of allylic oxidation sites excluding steroid dienone is 1. The zero-order valence-electron chi connectivity index (χ0n) is 16.9. The number of rotatable bonds is 8. The molecule has 3 aromatic rings. The van der Waals surface area contributed by atoms with Crippen molar-refractivity contribution in [3.63, 3.8) is 0 Å². The van der Waals surface area contributed by atoms with Crippen molar-refractivity contribution in [2.24, 2.45) is 0 Å². The molecule has 2 aromatic heterocycles. The second-order valence-electron chi connectivity index (χ2n) is 7.79. The van der Waals surface area contributed by atoms with E-state index in [0.717, 1.165) is 45.5 Å². The van der Waals surface area contributed by atoms with Gasteiger partial charge in [0.25, 0.3) is 5.56 Å². The first-order chi connectivity index (χ1) is 14.1. The average molecular weight is 409 g/mol. The number of hydrogen-bond donors (Lipinski definition) is 2. The lowest BCUT2D eigenvalue weighted by molar-refractivity contribution is 0.338. The van der Waals surface area contributed by atoms with E-state index in [2.05, 4.69) is 30.6 Å². The summed E-state index contributed by atoms with van der Waals surface area (Å²) in [5, 5.41) is 12.1. The van der Waals surface area contributed by atoms with Gasteiger partial charge >= 0.3 is 0 Å². The highest BCUT2D eigenvalue weighted by Gasteiger charge is 2.31. The normalized spacial score (nSPS) is 15.7. The fourth-order valence-electron chi connectivity index (χ4n) is 4.25. The van der Waals surface area contributed by atoms with Gasteiger partial charge in [-0.25, -0.2) is 0 Å². The highest BCUT2D eigenvalue weighted by atomic mass is 32.2. The maximum absolute atomic E-state index is 13.0. The monoisotopic (exact) mass is 408 g/mol. The maximum atomic E-state index is 13.0. The Morgan fingerprint density at radius 1 is 1.28 bits per heavy atom. The number of fused-ring (bicyclic) bond motifs is 2. The van der Waals surface area contributed by atoms with Crippen LogP contribution in [0.2, 0.25) is 0 Å². The van der Waals surface area contributed by atoms with Gasteiger partial charge in [0.05, 0.1) is 5.03 Å². The number of nitrogens with one attached hydrogen (secondary N) is 1. The highest BCUT2D eigenvalue weighted by molar-refractivity contribution is 7.99. The number of benzene rings is 1. The summed E-state index contributed by atoms with van der Waals surface area (Å²) in [4.78, 5) is 16.3. The Morgan fingerprint density at radius 3 is 2.86 bits per heavy atom. The van der Waals surface area contributed by atoms with Crippen LogP contribution in [0.15, 0.2) is 58.7 Å². The lowest BCUT2D eigenvalue weighted by Crippen LogP contribution is -2.25. The van der Waals surface area contributed by atoms with Crippen molar-refractivity contribution in [1.29, 1.82) is 0 Å². The molecule has 0 fully saturated rings. The van der Waals surface area contributed by atoms with Crippen LogP contribution in [0.4, 0.5) is 0 Å². The third-order valence-electron chi connectivity index (χ3n) is 5.77. The van der Waals surface area contributed by atoms with Crippen LogP contribution in [0.5, 0.6) is 0 Å². The van der Waals surface area contributed by atoms with Crippen LogP contribution in [-0.2, 0) is 6.42 Å². The molecule has 1 aliphatic heterocycles. The van der Waals surface area contributed by atoms with E-state index in [9.17, 15) is 9.90 Å². The van der Waals surface area contributed by atoms with Gasteiger partial charge in [-0.15, -0.1) is 11.8 Å². The number of unbranched alkanes of at least 4 members (excludes halogenated alkanes) is 4. The van der Waals surface area contributed by atoms with Gasteiger partial charge in [-0.2, -0.15) is 0 Å². The summed E-state index contributed by atoms with van der Waals surface area (Å²) in [7, 11) is 0. The number of nitrogens with zero attached hydrogens (tertiary/aromatic N) is 1. The van der Waals surface area contributed by atoms with Gasteiger partial charge in [0.15, 0.2) is 0 Å². The van der Waals surface area contributed by atoms with E-state index < -0.39 is 0 Å². The number of aryl methyl sites for hydroxylation is 1. The largest absolute Gasteiger partial charge is 0.511 e. The van der Waals surface area contributed by atoms with E-state index in [1.54, 1.807) is 22.4 Å². The summed E-state index contributed by atoms with van der Waals surface area (Å²) >= 11 is 1.64. The first kappa shape index (κ1) is 19.9. The first-order valence-corrected chi connectivity index (χ1v) is 11.5. The molecule has 4 nitrogen and oxygen atoms in total. The van der Waals surface area contributed by atoms with Crippen LogP contribution >= 0.6 is 11.8 Å². The first-order valence-electron chi connectivity index (χ1n) is 10.5. The van der Waals surface area contributed by atoms with Gasteiger partial charge < -0.3 is 10.1 Å². The molecule has 1 aliphatic rings. The van der Waals surface area contributed by atoms with Gasteiger partial charge in [0.2, 0.25) is 0 Å². The molecule has 0 unspecified atom stereocenters. The lowest BCUT2D eigenvalue weighted by Gasteiger charge is -2.17. The number of aromatic nitrogens is 2. The summed E-state index contributed by atoms with van der Waals surface area (Å²) < 4.78 is 1.73. The van der Waals surface area contributed by atoms with Crippen molar-refractivity contribution in [2.45, 2.75) is 56.5 Å². The molecular weight excluding hydrogens is 380 g/mol. The molecule has 0 bridgehead atoms. The van der Waals surface area contributed by atoms with Crippen molar-refractivity contribution < 1.29 is 5.11 Å². The molecule has 1 aromatic carbocycles. The Labute approximate surface area is 175 Å². The number of aliphatic hydroxyl groups excluding tert-OH is 1. The average Bonchev–Trinajstić information content (AvgIpc) is 3.33. The lowest BCUT2D eigenvalue weighted by atomic mass is 9.96. The quantitative estimate of drug-likeness (QED) is 0.343. The van der Waals surface area contributed by atoms with E-state index in [1.165, 1.54) is 25.7 Å². The van der Waals surface area contributed by atoms with E-state index in [1.807, 2.05) is 18.3 Å². The molecule has 0 radical (unpaired) electrons. The van der Waals surface area contributed by atoms with Gasteiger partial charge in [-0.3, -0.25) is 9.36 Å². The van der Waals surface area contributed by atoms with Crippen LogP contribution in [0.3, 0.4) is 0 Å². The summed E-state index contributed by atoms with van der Waals surface area (Å²) in [5.41, 5.74) is 4.42. The summed E-state index contributed by atoms with van der Waals surface area (Å²) in [6.45, 7) is 5.92. The number of pyridine rings is 1. The summed E-state index contributed by atoms with van der Waals surface area (Å²) in [6, 6.07) is 9.69. The Bertz CT molecular complexity index is 1100. The van der Waals surface area contributed by atoms with Crippen LogP contribution in [0.25, 0.3) is 22.0 Å². The van der Waals surface area contributed by atoms with E-state index in [0.29, 0.717) is 5.75 Å². The second-order valence-corrected chi connectivity index (χ2v) is 8.80. The molecule has 5 heteroatoms. The van der Waals surface area contributed by atoms with E-state index in [4.69, 9.17) is 0 Å². The van der Waals surface area contributed by atoms with Crippen molar-refractivity contribution in [3.05, 3.63) is 64.8 Å². The topological polar surface area (TPSA) is 58.0 Å². The SMILES string of the molecule is C=C(O)[C@@H]1CSc2c(-c3c[nH]c4ccccc34)c(CCCCCCC)cc(=O)n21. The van der Waals surface area contributed by atoms with Gasteiger partial charge in [0.1, 0.15) is 11.8 Å². The molecule has 29 heavy (non-hydrogen) atoms. The molecule has 0 amide bonds. The van der Waals surface area contributed by atoms with Crippen LogP contribution < -0.4 is 5.56 Å². The summed E-state index contributed by atoms with van der Waals surface area (Å²) in [6.07, 6.45) is 8.94. The number of hydrogen-bond acceptors (Lipinski definition) is 3. The Morgan fingerprint density at radius 2 is 2.07 bits per heavy atom. The van der Waals surface area contributed by atoms with Gasteiger partial charge in [-0.05, 0) is 24.5 Å². The third-order valence-corrected chi connectivity index (χ3v) is 6.93. The zero-order valence-corrected chi connectivity index (χ0v) is 17.7. The predicted molar refractivity (Wildman–Crippen MR) is 122 cm³/mol. The van der Waals surface area contributed by atoms with Crippen molar-refractivity contribution >= 4 is 22.7 Å². The molecule has 1 atom stereocenters. The minimum atomic E-state index is -0.356. The molecule has 4 rings (SSSR count). The van der Waals surface area contributed by atoms with Crippen LogP contribution in [0.1, 0.15) is 50.6 Å². The minimum absolute atomic E-state index is 0.0441. The number of H-pyrrole nitrogens is 1. The van der Waals surface area contributed by atoms with E-state index >= 15 is 0 Å². The number of aliphatic hydroxyl groups is 1. The molecule has 0 saturated carbocycles. The van der Waals surface area contributed by atoms with Crippen molar-refractivity contribution in [3.8, 4) is 11.1 Å². The van der Waals surface area contributed by atoms with Crippen molar-refractivity contribution in [2.75, 3.05) is 5.75 Å². The van der Waals surface area contributed by atoms with E-state index in [-0.39, 0.29) is 17.4 Å². The Balaban J connectivity index is 1.82. The molecule has 0 aliphatic carbocycles. The highest BCUT2D eigenvalue weighted by Crippen LogP contribution is 2.44. The molecule has 152 valence electrons. The Kier molecular flexibility index (Phi) is 5.86. The number of aromatic amines is 1. The zero-order chi connectivity index (χ0) is 20.4. The fraction of sp³-hybridized carbons (Fsp3) is 0.375. The van der Waals surface area contributed by atoms with Gasteiger partial charge in [0, 0.05) is 40.0 Å². The Hall–Kier alpha value is -2.40. The fourth-order valence-corrected chi connectivity index (χ4v) is 5.64. The number of thioether (sulfide) groups is 1. The summed E-state index contributed by atoms with van der Waals surface area (Å²) in [5.74, 6) is 0.690. The molecule has 0 spiro atoms.